The van der Waals surface area contributed by atoms with E-state index in [1.807, 2.05) is 13.8 Å². The van der Waals surface area contributed by atoms with Gasteiger partial charge in [-0.15, -0.1) is 24.0 Å². The van der Waals surface area contributed by atoms with Crippen LogP contribution < -0.4 is 0 Å². The highest BCUT2D eigenvalue weighted by Crippen LogP contribution is 2.27. The number of aromatic nitrogens is 2. The first kappa shape index (κ1) is 17.1. The second-order valence-corrected chi connectivity index (χ2v) is 6.69. The second kappa shape index (κ2) is 6.19. The number of nitrogens with one attached hydrogen (secondary N) is 1. The largest absolute Gasteiger partial charge is 0.342 e. The Morgan fingerprint density at radius 3 is 2.10 bits per heavy atom. The fourth-order valence-corrected chi connectivity index (χ4v) is 2.34. The summed E-state index contributed by atoms with van der Waals surface area (Å²) in [6.45, 7) is 10.6. The lowest BCUT2D eigenvalue weighted by atomic mass is 9.87. The van der Waals surface area contributed by atoms with E-state index < -0.39 is 0 Å². The predicted molar refractivity (Wildman–Crippen MR) is 89.0 cm³/mol. The normalized spacial score (nSPS) is 12.9. The van der Waals surface area contributed by atoms with E-state index in [-0.39, 0.29) is 23.2 Å². The number of hydrogen-bond acceptors (Lipinski definition) is 1. The third-order valence-electron chi connectivity index (χ3n) is 3.32. The Labute approximate surface area is 132 Å². The minimum absolute atomic E-state index is 0. The summed E-state index contributed by atoms with van der Waals surface area (Å²) in [6.07, 6.45) is 0. The SMILES string of the molecule is Cc1[nH]c(-c2ccc(C(C)(C)C)cc2)nc1C(C)Cl.Cl. The highest BCUT2D eigenvalue weighted by atomic mass is 35.5. The van der Waals surface area contributed by atoms with Gasteiger partial charge in [-0.1, -0.05) is 45.0 Å². The minimum Gasteiger partial charge on any atom is -0.342 e. The fraction of sp³-hybridized carbons (Fsp3) is 0.438. The molecule has 2 nitrogen and oxygen atoms in total. The van der Waals surface area contributed by atoms with Gasteiger partial charge in [0.05, 0.1) is 11.1 Å². The standard InChI is InChI=1S/C16H21ClN2.ClH/c1-10(17)14-11(2)18-15(19-14)12-6-8-13(9-7-12)16(3,4)5;/h6-10H,1-5H3,(H,18,19);1H. The van der Waals surface area contributed by atoms with Crippen molar-refractivity contribution < 1.29 is 0 Å². The lowest BCUT2D eigenvalue weighted by molar-refractivity contribution is 0.590. The molecular formula is C16H22Cl2N2. The van der Waals surface area contributed by atoms with E-state index in [9.17, 15) is 0 Å². The monoisotopic (exact) mass is 312 g/mol. The molecule has 1 aromatic heterocycles. The molecule has 0 bridgehead atoms. The number of benzene rings is 1. The fourth-order valence-electron chi connectivity index (χ4n) is 2.13. The number of hydrogen-bond donors (Lipinski definition) is 1. The summed E-state index contributed by atoms with van der Waals surface area (Å²) < 4.78 is 0. The number of H-pyrrole nitrogens is 1. The Kier molecular flexibility index (Phi) is 5.28. The highest BCUT2D eigenvalue weighted by Gasteiger charge is 2.15. The van der Waals surface area contributed by atoms with Crippen molar-refractivity contribution >= 4 is 24.0 Å². The maximum atomic E-state index is 6.11. The Morgan fingerprint density at radius 2 is 1.70 bits per heavy atom. The summed E-state index contributed by atoms with van der Waals surface area (Å²) in [7, 11) is 0. The Hall–Kier alpha value is -0.990. The Bertz CT molecular complexity index is 563. The molecule has 20 heavy (non-hydrogen) atoms. The summed E-state index contributed by atoms with van der Waals surface area (Å²) in [5, 5.41) is -0.0705. The Morgan fingerprint density at radius 1 is 1.15 bits per heavy atom. The van der Waals surface area contributed by atoms with Crippen LogP contribution in [0.15, 0.2) is 24.3 Å². The molecule has 1 N–H and O–H groups in total. The van der Waals surface area contributed by atoms with E-state index in [4.69, 9.17) is 11.6 Å². The number of aryl methyl sites for hydroxylation is 1. The number of alkyl halides is 1. The van der Waals surface area contributed by atoms with Crippen LogP contribution in [0.25, 0.3) is 11.4 Å². The molecule has 1 aromatic carbocycles. The van der Waals surface area contributed by atoms with Crippen LogP contribution in [0.2, 0.25) is 0 Å². The molecule has 4 heteroatoms. The van der Waals surface area contributed by atoms with Gasteiger partial charge in [-0.25, -0.2) is 4.98 Å². The lowest BCUT2D eigenvalue weighted by Gasteiger charge is -2.18. The zero-order chi connectivity index (χ0) is 14.2. The molecule has 2 rings (SSSR count). The van der Waals surface area contributed by atoms with E-state index in [1.165, 1.54) is 5.56 Å². The molecule has 0 aliphatic heterocycles. The van der Waals surface area contributed by atoms with E-state index in [0.29, 0.717) is 0 Å². The van der Waals surface area contributed by atoms with Gasteiger partial charge in [0.1, 0.15) is 5.82 Å². The van der Waals surface area contributed by atoms with Gasteiger partial charge in [-0.3, -0.25) is 0 Å². The predicted octanol–water partition coefficient (Wildman–Crippen LogP) is 5.40. The molecule has 0 radical (unpaired) electrons. The van der Waals surface area contributed by atoms with Crippen LogP contribution in [0.3, 0.4) is 0 Å². The van der Waals surface area contributed by atoms with Gasteiger partial charge >= 0.3 is 0 Å². The third-order valence-corrected chi connectivity index (χ3v) is 3.53. The van der Waals surface area contributed by atoms with Crippen molar-refractivity contribution in [1.82, 2.24) is 9.97 Å². The van der Waals surface area contributed by atoms with Crippen LogP contribution in [0, 0.1) is 6.92 Å². The van der Waals surface area contributed by atoms with Crippen LogP contribution in [0.5, 0.6) is 0 Å². The first-order valence-corrected chi connectivity index (χ1v) is 7.04. The van der Waals surface area contributed by atoms with Crippen LogP contribution in [0.4, 0.5) is 0 Å². The second-order valence-electron chi connectivity index (χ2n) is 6.04. The van der Waals surface area contributed by atoms with Crippen molar-refractivity contribution in [2.45, 2.75) is 45.4 Å². The molecule has 0 saturated heterocycles. The van der Waals surface area contributed by atoms with E-state index >= 15 is 0 Å². The van der Waals surface area contributed by atoms with Gasteiger partial charge in [-0.2, -0.15) is 0 Å². The quantitative estimate of drug-likeness (QED) is 0.738. The van der Waals surface area contributed by atoms with Crippen molar-refractivity contribution in [3.05, 3.63) is 41.2 Å². The molecule has 2 aromatic rings. The van der Waals surface area contributed by atoms with Gasteiger partial charge in [0.25, 0.3) is 0 Å². The summed E-state index contributed by atoms with van der Waals surface area (Å²) in [6, 6.07) is 8.55. The lowest BCUT2D eigenvalue weighted by Crippen LogP contribution is -2.10. The topological polar surface area (TPSA) is 28.7 Å². The molecule has 1 unspecified atom stereocenters. The molecule has 1 atom stereocenters. The number of aromatic amines is 1. The van der Waals surface area contributed by atoms with Gasteiger partial charge < -0.3 is 4.98 Å². The maximum Gasteiger partial charge on any atom is 0.137 e. The van der Waals surface area contributed by atoms with E-state index in [0.717, 1.165) is 22.8 Å². The first-order valence-electron chi connectivity index (χ1n) is 6.60. The minimum atomic E-state index is -0.0705. The van der Waals surface area contributed by atoms with Crippen LogP contribution in [-0.2, 0) is 5.41 Å². The molecule has 110 valence electrons. The van der Waals surface area contributed by atoms with Crippen LogP contribution in [-0.4, -0.2) is 9.97 Å². The summed E-state index contributed by atoms with van der Waals surface area (Å²) in [5.41, 5.74) is 4.56. The van der Waals surface area contributed by atoms with Crippen molar-refractivity contribution in [3.8, 4) is 11.4 Å². The van der Waals surface area contributed by atoms with Crippen molar-refractivity contribution in [3.63, 3.8) is 0 Å². The highest BCUT2D eigenvalue weighted by molar-refractivity contribution is 6.20. The molecule has 0 spiro atoms. The molecule has 0 amide bonds. The number of halogens is 2. The van der Waals surface area contributed by atoms with Gasteiger partial charge in [-0.05, 0) is 24.8 Å². The average Bonchev–Trinajstić information content (AvgIpc) is 2.70. The number of nitrogens with zero attached hydrogens (tertiary/aromatic N) is 1. The van der Waals surface area contributed by atoms with E-state index in [1.54, 1.807) is 0 Å². The van der Waals surface area contributed by atoms with E-state index in [2.05, 4.69) is 55.0 Å². The summed E-state index contributed by atoms with van der Waals surface area (Å²) >= 11 is 6.11. The molecule has 0 saturated carbocycles. The zero-order valence-corrected chi connectivity index (χ0v) is 14.2. The smallest absolute Gasteiger partial charge is 0.137 e. The zero-order valence-electron chi connectivity index (χ0n) is 12.6. The van der Waals surface area contributed by atoms with Gasteiger partial charge in [0.15, 0.2) is 0 Å². The number of imidazole rings is 1. The van der Waals surface area contributed by atoms with Crippen molar-refractivity contribution in [2.24, 2.45) is 0 Å². The average molecular weight is 313 g/mol. The Balaban J connectivity index is 0.00000200. The van der Waals surface area contributed by atoms with Gasteiger partial charge in [0.2, 0.25) is 0 Å². The maximum absolute atomic E-state index is 6.11. The summed E-state index contributed by atoms with van der Waals surface area (Å²) in [5.74, 6) is 0.889. The molecule has 1 heterocycles. The van der Waals surface area contributed by atoms with Gasteiger partial charge in [0, 0.05) is 11.3 Å². The summed E-state index contributed by atoms with van der Waals surface area (Å²) in [4.78, 5) is 7.89. The molecule has 0 aliphatic rings. The van der Waals surface area contributed by atoms with Crippen molar-refractivity contribution in [1.29, 1.82) is 0 Å². The number of rotatable bonds is 2. The molecular weight excluding hydrogens is 291 g/mol. The first-order chi connectivity index (χ1) is 8.79. The van der Waals surface area contributed by atoms with Crippen LogP contribution >= 0.6 is 24.0 Å². The van der Waals surface area contributed by atoms with Crippen LogP contribution in [0.1, 0.15) is 50.0 Å². The van der Waals surface area contributed by atoms with Crippen molar-refractivity contribution in [2.75, 3.05) is 0 Å². The third kappa shape index (κ3) is 3.56. The molecule has 0 aliphatic carbocycles. The molecule has 0 fully saturated rings.